The predicted molar refractivity (Wildman–Crippen MR) is 91.3 cm³/mol. The summed E-state index contributed by atoms with van der Waals surface area (Å²) >= 11 is 0. The zero-order valence-electron chi connectivity index (χ0n) is 15.8. The number of hydrogen-bond donors (Lipinski definition) is 1. The molecule has 5 heteroatoms. The highest BCUT2D eigenvalue weighted by Crippen LogP contribution is 2.69. The number of phenolic OH excluding ortho intramolecular Hbond substituents is 1. The standard InChI is InChI=1S/C19H29NO4/c1-16(2,3)19-17(4,5)12-22-18(19,23-24-19)14-9-8-13(11-20(6)7)15(21)10-14/h8-10,21H,11-12H2,1-7H3. The van der Waals surface area contributed by atoms with Gasteiger partial charge in [-0.25, -0.2) is 4.89 Å². The molecule has 0 bridgehead atoms. The van der Waals surface area contributed by atoms with Gasteiger partial charge in [0.05, 0.1) is 6.61 Å². The summed E-state index contributed by atoms with van der Waals surface area (Å²) in [5.74, 6) is -0.731. The number of nitrogens with zero attached hydrogens (tertiary/aromatic N) is 1. The van der Waals surface area contributed by atoms with Gasteiger partial charge in [-0.2, -0.15) is 4.89 Å². The van der Waals surface area contributed by atoms with Gasteiger partial charge in [0.1, 0.15) is 5.75 Å². The van der Waals surface area contributed by atoms with Crippen LogP contribution in [0.25, 0.3) is 0 Å². The lowest BCUT2D eigenvalue weighted by Gasteiger charge is -2.61. The van der Waals surface area contributed by atoms with Gasteiger partial charge < -0.3 is 14.7 Å². The van der Waals surface area contributed by atoms with Crippen LogP contribution in [0.15, 0.2) is 18.2 Å². The van der Waals surface area contributed by atoms with E-state index in [1.165, 1.54) is 0 Å². The zero-order valence-corrected chi connectivity index (χ0v) is 15.8. The maximum absolute atomic E-state index is 10.5. The van der Waals surface area contributed by atoms with Gasteiger partial charge in [-0.05, 0) is 20.2 Å². The van der Waals surface area contributed by atoms with Crippen molar-refractivity contribution < 1.29 is 19.6 Å². The molecule has 2 heterocycles. The number of rotatable bonds is 3. The van der Waals surface area contributed by atoms with Crippen LogP contribution in [0.5, 0.6) is 5.75 Å². The number of aromatic hydroxyl groups is 1. The van der Waals surface area contributed by atoms with Crippen molar-refractivity contribution in [2.75, 3.05) is 20.7 Å². The van der Waals surface area contributed by atoms with Crippen molar-refractivity contribution in [3.8, 4) is 5.75 Å². The summed E-state index contributed by atoms with van der Waals surface area (Å²) in [6, 6.07) is 5.66. The van der Waals surface area contributed by atoms with Crippen LogP contribution in [0, 0.1) is 10.8 Å². The lowest BCUT2D eigenvalue weighted by atomic mass is 9.57. The van der Waals surface area contributed by atoms with E-state index in [-0.39, 0.29) is 16.6 Å². The van der Waals surface area contributed by atoms with Crippen molar-refractivity contribution in [2.45, 2.75) is 52.6 Å². The first-order valence-electron chi connectivity index (χ1n) is 8.45. The van der Waals surface area contributed by atoms with Gasteiger partial charge in [0.2, 0.25) is 0 Å². The van der Waals surface area contributed by atoms with Crippen LogP contribution in [0.1, 0.15) is 45.7 Å². The molecular weight excluding hydrogens is 306 g/mol. The third kappa shape index (κ3) is 2.08. The molecule has 1 aromatic rings. The van der Waals surface area contributed by atoms with Crippen molar-refractivity contribution in [3.05, 3.63) is 29.3 Å². The van der Waals surface area contributed by atoms with Gasteiger partial charge in [0.25, 0.3) is 5.79 Å². The Kier molecular flexibility index (Phi) is 3.81. The first-order chi connectivity index (χ1) is 11.0. The molecule has 24 heavy (non-hydrogen) atoms. The van der Waals surface area contributed by atoms with Crippen molar-refractivity contribution in [2.24, 2.45) is 10.8 Å². The van der Waals surface area contributed by atoms with Crippen molar-refractivity contribution in [1.29, 1.82) is 0 Å². The molecule has 2 saturated heterocycles. The van der Waals surface area contributed by atoms with E-state index in [9.17, 15) is 5.11 Å². The topological polar surface area (TPSA) is 51.2 Å². The molecule has 3 rings (SSSR count). The normalized spacial score (nSPS) is 31.8. The number of ether oxygens (including phenoxy) is 1. The third-order valence-corrected chi connectivity index (χ3v) is 5.34. The van der Waals surface area contributed by atoms with Gasteiger partial charge >= 0.3 is 0 Å². The van der Waals surface area contributed by atoms with Crippen LogP contribution in [0.2, 0.25) is 0 Å². The summed E-state index contributed by atoms with van der Waals surface area (Å²) in [5, 5.41) is 10.5. The fraction of sp³-hybridized carbons (Fsp3) is 0.684. The number of phenols is 1. The molecule has 134 valence electrons. The predicted octanol–water partition coefficient (Wildman–Crippen LogP) is 3.41. The molecule has 1 aromatic carbocycles. The second kappa shape index (κ2) is 5.18. The lowest BCUT2D eigenvalue weighted by molar-refractivity contribution is -0.626. The molecule has 0 spiro atoms. The van der Waals surface area contributed by atoms with Crippen molar-refractivity contribution in [1.82, 2.24) is 4.90 Å². The summed E-state index contributed by atoms with van der Waals surface area (Å²) in [6.45, 7) is 11.9. The smallest absolute Gasteiger partial charge is 0.261 e. The van der Waals surface area contributed by atoms with E-state index in [1.807, 2.05) is 31.1 Å². The maximum atomic E-state index is 10.5. The van der Waals surface area contributed by atoms with Crippen LogP contribution >= 0.6 is 0 Å². The fourth-order valence-electron chi connectivity index (χ4n) is 4.48. The van der Waals surface area contributed by atoms with Crippen molar-refractivity contribution in [3.63, 3.8) is 0 Å². The molecule has 2 aliphatic heterocycles. The zero-order chi connectivity index (χ0) is 18.0. The molecule has 2 fully saturated rings. The minimum Gasteiger partial charge on any atom is -0.508 e. The second-order valence-corrected chi connectivity index (χ2v) is 8.97. The van der Waals surface area contributed by atoms with E-state index in [0.29, 0.717) is 13.2 Å². The monoisotopic (exact) mass is 335 g/mol. The van der Waals surface area contributed by atoms with E-state index in [4.69, 9.17) is 14.5 Å². The summed E-state index contributed by atoms with van der Waals surface area (Å²) in [7, 11) is 3.95. The molecule has 5 nitrogen and oxygen atoms in total. The van der Waals surface area contributed by atoms with E-state index < -0.39 is 11.4 Å². The molecule has 0 radical (unpaired) electrons. The molecule has 2 atom stereocenters. The summed E-state index contributed by atoms with van der Waals surface area (Å²) in [6.07, 6.45) is 0. The van der Waals surface area contributed by atoms with E-state index in [1.54, 1.807) is 6.07 Å². The summed E-state index contributed by atoms with van der Waals surface area (Å²) in [4.78, 5) is 13.4. The first kappa shape index (κ1) is 17.7. The van der Waals surface area contributed by atoms with Gasteiger partial charge in [0, 0.05) is 28.5 Å². The Labute approximate surface area is 144 Å². The van der Waals surface area contributed by atoms with Gasteiger partial charge in [-0.3, -0.25) is 0 Å². The SMILES string of the molecule is CN(C)Cc1ccc(C23OCC(C)(C)C2(C(C)(C)C)OO3)cc1O. The number of hydrogen-bond acceptors (Lipinski definition) is 5. The van der Waals surface area contributed by atoms with Crippen molar-refractivity contribution >= 4 is 0 Å². The van der Waals surface area contributed by atoms with Gasteiger partial charge in [0.15, 0.2) is 5.60 Å². The average molecular weight is 335 g/mol. The fourth-order valence-corrected chi connectivity index (χ4v) is 4.48. The maximum Gasteiger partial charge on any atom is 0.261 e. The number of benzene rings is 1. The number of fused-ring (bicyclic) bond motifs is 1. The lowest BCUT2D eigenvalue weighted by Crippen LogP contribution is -2.73. The van der Waals surface area contributed by atoms with Crippen LogP contribution in [-0.4, -0.2) is 36.3 Å². The Morgan fingerprint density at radius 2 is 1.83 bits per heavy atom. The second-order valence-electron chi connectivity index (χ2n) is 8.97. The third-order valence-electron chi connectivity index (χ3n) is 5.34. The Hall–Kier alpha value is -1.14. The van der Waals surface area contributed by atoms with Gasteiger partial charge in [-0.1, -0.05) is 46.8 Å². The highest BCUT2D eigenvalue weighted by molar-refractivity contribution is 5.41. The quantitative estimate of drug-likeness (QED) is 0.858. The van der Waals surface area contributed by atoms with Crippen LogP contribution in [0.3, 0.4) is 0 Å². The molecule has 2 aliphatic rings. The molecule has 0 aromatic heterocycles. The van der Waals surface area contributed by atoms with E-state index >= 15 is 0 Å². The Morgan fingerprint density at radius 3 is 2.29 bits per heavy atom. The van der Waals surface area contributed by atoms with Crippen LogP contribution in [-0.2, 0) is 26.8 Å². The molecular formula is C19H29NO4. The minimum atomic E-state index is -0.983. The average Bonchev–Trinajstić information content (AvgIpc) is 2.54. The molecule has 0 aliphatic carbocycles. The van der Waals surface area contributed by atoms with E-state index in [2.05, 4.69) is 34.6 Å². The van der Waals surface area contributed by atoms with E-state index in [0.717, 1.165) is 11.1 Å². The molecule has 1 N–H and O–H groups in total. The largest absolute Gasteiger partial charge is 0.508 e. The molecule has 2 unspecified atom stereocenters. The highest BCUT2D eigenvalue weighted by Gasteiger charge is 2.81. The van der Waals surface area contributed by atoms with Gasteiger partial charge in [-0.15, -0.1) is 0 Å². The minimum absolute atomic E-state index is 0.205. The summed E-state index contributed by atoms with van der Waals surface area (Å²) < 4.78 is 6.18. The highest BCUT2D eigenvalue weighted by atomic mass is 17.3. The first-order valence-corrected chi connectivity index (χ1v) is 8.45. The summed E-state index contributed by atoms with van der Waals surface area (Å²) in [5.41, 5.74) is 0.626. The Bertz CT molecular complexity index is 649. The van der Waals surface area contributed by atoms with Crippen LogP contribution < -0.4 is 0 Å². The molecule has 0 saturated carbocycles. The Balaban J connectivity index is 2.07. The molecule has 0 amide bonds. The Morgan fingerprint density at radius 1 is 1.17 bits per heavy atom. The van der Waals surface area contributed by atoms with Crippen LogP contribution in [0.4, 0.5) is 0 Å².